The quantitative estimate of drug-likeness (QED) is 0.875. The number of aryl methyl sites for hydroxylation is 1. The topological polar surface area (TPSA) is 73.6 Å². The lowest BCUT2D eigenvalue weighted by atomic mass is 10.1. The van der Waals surface area contributed by atoms with Crippen molar-refractivity contribution < 1.29 is 19.4 Å². The van der Waals surface area contributed by atoms with Crippen LogP contribution in [0.1, 0.15) is 24.3 Å². The first-order valence-electron chi connectivity index (χ1n) is 6.65. The Labute approximate surface area is 136 Å². The Morgan fingerprint density at radius 1 is 1.32 bits per heavy atom. The zero-order chi connectivity index (χ0) is 16.4. The number of aromatic nitrogens is 2. The van der Waals surface area contributed by atoms with Crippen molar-refractivity contribution in [3.8, 4) is 22.8 Å². The standard InChI is InChI=1S/C15H17BrN2O4/c1-8(2)22-14-6-10(16)9(5-13(14)21-4)12-7-11(15(19)20)17-18(12)3/h5-8H,1-4H3,(H,19,20). The third-order valence-electron chi connectivity index (χ3n) is 2.99. The molecule has 0 bridgehead atoms. The summed E-state index contributed by atoms with van der Waals surface area (Å²) in [6.07, 6.45) is 0.0157. The average Bonchev–Trinajstić information content (AvgIpc) is 2.80. The van der Waals surface area contributed by atoms with Gasteiger partial charge in [-0.25, -0.2) is 4.79 Å². The van der Waals surface area contributed by atoms with Crippen molar-refractivity contribution in [1.29, 1.82) is 0 Å². The van der Waals surface area contributed by atoms with Gasteiger partial charge in [0, 0.05) is 17.1 Å². The molecule has 0 aliphatic carbocycles. The number of nitrogens with zero attached hydrogens (tertiary/aromatic N) is 2. The number of methoxy groups -OCH3 is 1. The van der Waals surface area contributed by atoms with E-state index in [0.29, 0.717) is 17.2 Å². The summed E-state index contributed by atoms with van der Waals surface area (Å²) >= 11 is 3.49. The van der Waals surface area contributed by atoms with Gasteiger partial charge in [-0.1, -0.05) is 0 Å². The van der Waals surface area contributed by atoms with E-state index in [1.165, 1.54) is 10.7 Å². The highest BCUT2D eigenvalue weighted by Gasteiger charge is 2.18. The average molecular weight is 369 g/mol. The predicted molar refractivity (Wildman–Crippen MR) is 85.6 cm³/mol. The zero-order valence-electron chi connectivity index (χ0n) is 12.8. The van der Waals surface area contributed by atoms with E-state index in [1.54, 1.807) is 20.2 Å². The first-order chi connectivity index (χ1) is 10.3. The molecule has 0 unspecified atom stereocenters. The van der Waals surface area contributed by atoms with Crippen LogP contribution in [0.25, 0.3) is 11.3 Å². The Morgan fingerprint density at radius 3 is 2.50 bits per heavy atom. The van der Waals surface area contributed by atoms with Crippen LogP contribution in [0, 0.1) is 0 Å². The lowest BCUT2D eigenvalue weighted by Crippen LogP contribution is -2.07. The van der Waals surface area contributed by atoms with E-state index >= 15 is 0 Å². The minimum absolute atomic E-state index is 0.00845. The molecule has 7 heteroatoms. The Morgan fingerprint density at radius 2 is 2.00 bits per heavy atom. The molecule has 1 heterocycles. The van der Waals surface area contributed by atoms with Crippen LogP contribution in [-0.4, -0.2) is 34.1 Å². The van der Waals surface area contributed by atoms with Gasteiger partial charge in [-0.15, -0.1) is 0 Å². The van der Waals surface area contributed by atoms with Crippen LogP contribution in [0.4, 0.5) is 0 Å². The summed E-state index contributed by atoms with van der Waals surface area (Å²) in [6.45, 7) is 3.86. The maximum Gasteiger partial charge on any atom is 0.356 e. The van der Waals surface area contributed by atoms with Gasteiger partial charge in [0.05, 0.1) is 18.9 Å². The van der Waals surface area contributed by atoms with Gasteiger partial charge in [0.1, 0.15) is 0 Å². The molecule has 0 radical (unpaired) electrons. The number of hydrogen-bond acceptors (Lipinski definition) is 4. The number of halogens is 1. The van der Waals surface area contributed by atoms with Crippen LogP contribution >= 0.6 is 15.9 Å². The molecule has 118 valence electrons. The molecule has 22 heavy (non-hydrogen) atoms. The molecule has 0 aliphatic heterocycles. The summed E-state index contributed by atoms with van der Waals surface area (Å²) in [5.74, 6) is 0.128. The normalized spacial score (nSPS) is 10.8. The van der Waals surface area contributed by atoms with Crippen LogP contribution < -0.4 is 9.47 Å². The smallest absolute Gasteiger partial charge is 0.356 e. The van der Waals surface area contributed by atoms with Gasteiger partial charge in [0.15, 0.2) is 17.2 Å². The maximum atomic E-state index is 11.0. The molecule has 2 rings (SSSR count). The van der Waals surface area contributed by atoms with Crippen molar-refractivity contribution in [2.45, 2.75) is 20.0 Å². The van der Waals surface area contributed by atoms with Crippen molar-refractivity contribution in [2.75, 3.05) is 7.11 Å². The molecule has 1 aromatic heterocycles. The molecule has 1 N–H and O–H groups in total. The minimum atomic E-state index is -1.07. The number of carboxylic acids is 1. The molecule has 0 saturated heterocycles. The Bertz CT molecular complexity index is 710. The van der Waals surface area contributed by atoms with Gasteiger partial charge in [-0.05, 0) is 48.0 Å². The summed E-state index contributed by atoms with van der Waals surface area (Å²) < 4.78 is 13.4. The van der Waals surface area contributed by atoms with Crippen molar-refractivity contribution in [3.63, 3.8) is 0 Å². The fourth-order valence-electron chi connectivity index (χ4n) is 2.06. The Hall–Kier alpha value is -2.02. The zero-order valence-corrected chi connectivity index (χ0v) is 14.3. The van der Waals surface area contributed by atoms with Crippen molar-refractivity contribution in [2.24, 2.45) is 7.05 Å². The summed E-state index contributed by atoms with van der Waals surface area (Å²) in [5, 5.41) is 13.0. The van der Waals surface area contributed by atoms with E-state index in [2.05, 4.69) is 21.0 Å². The fraction of sp³-hybridized carbons (Fsp3) is 0.333. The molecule has 0 saturated carbocycles. The third-order valence-corrected chi connectivity index (χ3v) is 3.65. The van der Waals surface area contributed by atoms with Gasteiger partial charge in [0.2, 0.25) is 0 Å². The van der Waals surface area contributed by atoms with E-state index in [9.17, 15) is 4.79 Å². The molecule has 0 spiro atoms. The molecule has 6 nitrogen and oxygen atoms in total. The van der Waals surface area contributed by atoms with E-state index < -0.39 is 5.97 Å². The SMILES string of the molecule is COc1cc(-c2cc(C(=O)O)nn2C)c(Br)cc1OC(C)C. The summed E-state index contributed by atoms with van der Waals surface area (Å²) in [4.78, 5) is 11.0. The highest BCUT2D eigenvalue weighted by Crippen LogP contribution is 2.39. The first kappa shape index (κ1) is 16.4. The lowest BCUT2D eigenvalue weighted by Gasteiger charge is -2.16. The monoisotopic (exact) mass is 368 g/mol. The number of ether oxygens (including phenoxy) is 2. The Balaban J connectivity index is 2.54. The van der Waals surface area contributed by atoms with Crippen LogP contribution in [0.2, 0.25) is 0 Å². The predicted octanol–water partition coefficient (Wildman–Crippen LogP) is 3.34. The van der Waals surface area contributed by atoms with Gasteiger partial charge < -0.3 is 14.6 Å². The second kappa shape index (κ2) is 6.39. The van der Waals surface area contributed by atoms with Crippen LogP contribution in [-0.2, 0) is 7.05 Å². The van der Waals surface area contributed by atoms with Crippen molar-refractivity contribution in [3.05, 3.63) is 28.4 Å². The maximum absolute atomic E-state index is 11.0. The molecule has 2 aromatic rings. The molecular weight excluding hydrogens is 352 g/mol. The number of hydrogen-bond donors (Lipinski definition) is 1. The number of carbonyl (C=O) groups is 1. The molecule has 0 amide bonds. The molecule has 0 fully saturated rings. The lowest BCUT2D eigenvalue weighted by molar-refractivity contribution is 0.0689. The minimum Gasteiger partial charge on any atom is -0.493 e. The summed E-state index contributed by atoms with van der Waals surface area (Å²) in [7, 11) is 3.26. The van der Waals surface area contributed by atoms with Crippen molar-refractivity contribution >= 4 is 21.9 Å². The molecular formula is C15H17BrN2O4. The number of benzene rings is 1. The van der Waals surface area contributed by atoms with E-state index in [0.717, 1.165) is 10.0 Å². The highest BCUT2D eigenvalue weighted by atomic mass is 79.9. The highest BCUT2D eigenvalue weighted by molar-refractivity contribution is 9.10. The number of rotatable bonds is 5. The molecule has 0 aliphatic rings. The van der Waals surface area contributed by atoms with E-state index in [1.807, 2.05) is 19.9 Å². The Kier molecular flexibility index (Phi) is 4.75. The summed E-state index contributed by atoms with van der Waals surface area (Å²) in [5.41, 5.74) is 1.43. The van der Waals surface area contributed by atoms with Gasteiger partial charge in [0.25, 0.3) is 0 Å². The van der Waals surface area contributed by atoms with E-state index in [4.69, 9.17) is 14.6 Å². The second-order valence-corrected chi connectivity index (χ2v) is 5.85. The van der Waals surface area contributed by atoms with Crippen LogP contribution in [0.5, 0.6) is 11.5 Å². The third kappa shape index (κ3) is 3.24. The van der Waals surface area contributed by atoms with Gasteiger partial charge in [-0.2, -0.15) is 5.10 Å². The number of carboxylic acid groups (broad SMARTS) is 1. The largest absolute Gasteiger partial charge is 0.493 e. The summed E-state index contributed by atoms with van der Waals surface area (Å²) in [6, 6.07) is 5.12. The van der Waals surface area contributed by atoms with Crippen molar-refractivity contribution in [1.82, 2.24) is 9.78 Å². The molecule has 1 aromatic carbocycles. The number of aromatic carboxylic acids is 1. The van der Waals surface area contributed by atoms with E-state index in [-0.39, 0.29) is 11.8 Å². The first-order valence-corrected chi connectivity index (χ1v) is 7.44. The van der Waals surface area contributed by atoms with Gasteiger partial charge >= 0.3 is 5.97 Å². The van der Waals surface area contributed by atoms with Crippen LogP contribution in [0.3, 0.4) is 0 Å². The fourth-order valence-corrected chi connectivity index (χ4v) is 2.59. The van der Waals surface area contributed by atoms with Gasteiger partial charge in [-0.3, -0.25) is 4.68 Å². The van der Waals surface area contributed by atoms with Crippen LogP contribution in [0.15, 0.2) is 22.7 Å². The molecule has 0 atom stereocenters. The second-order valence-electron chi connectivity index (χ2n) is 4.99.